The van der Waals surface area contributed by atoms with Crippen molar-refractivity contribution in [3.05, 3.63) is 0 Å². The first-order chi connectivity index (χ1) is 9.15. The molecule has 5 nitrogen and oxygen atoms in total. The monoisotopic (exact) mass is 269 g/mol. The fraction of sp³-hybridized carbons (Fsp3) is 0.857. The van der Waals surface area contributed by atoms with Crippen molar-refractivity contribution in [2.45, 2.75) is 58.4 Å². The Bertz CT molecular complexity index is 282. The molecule has 1 rings (SSSR count). The predicted octanol–water partition coefficient (Wildman–Crippen LogP) is 1.88. The summed E-state index contributed by atoms with van der Waals surface area (Å²) in [6, 6.07) is -0.0671. The molecule has 0 aromatic carbocycles. The second-order valence-corrected chi connectivity index (χ2v) is 5.28. The van der Waals surface area contributed by atoms with E-state index in [0.717, 1.165) is 51.6 Å². The molecule has 0 radical (unpaired) electrons. The molecule has 0 heterocycles. The van der Waals surface area contributed by atoms with E-state index in [0.29, 0.717) is 6.54 Å². The molecule has 0 atom stereocenters. The number of hydrogen-bond donors (Lipinski definition) is 2. The zero-order valence-corrected chi connectivity index (χ0v) is 12.2. The van der Waals surface area contributed by atoms with E-state index >= 15 is 0 Å². The number of carbonyl (C=O) groups excluding carboxylic acids is 2. The van der Waals surface area contributed by atoms with Gasteiger partial charge < -0.3 is 5.32 Å². The van der Waals surface area contributed by atoms with Gasteiger partial charge in [-0.15, -0.1) is 0 Å². The molecule has 0 aliphatic heterocycles. The lowest BCUT2D eigenvalue weighted by molar-refractivity contribution is -0.121. The zero-order chi connectivity index (χ0) is 14.1. The summed E-state index contributed by atoms with van der Waals surface area (Å²) in [6.07, 6.45) is 6.47. The Balaban J connectivity index is 2.24. The first-order valence-electron chi connectivity index (χ1n) is 7.48. The van der Waals surface area contributed by atoms with Gasteiger partial charge in [0.05, 0.1) is 6.54 Å². The summed E-state index contributed by atoms with van der Waals surface area (Å²) in [6.45, 7) is 6.45. The first kappa shape index (κ1) is 16.0. The van der Waals surface area contributed by atoms with Crippen molar-refractivity contribution in [3.63, 3.8) is 0 Å². The lowest BCUT2D eigenvalue weighted by Gasteiger charge is -2.21. The smallest absolute Gasteiger partial charge is 0.321 e. The molecular weight excluding hydrogens is 242 g/mol. The normalized spacial score (nSPS) is 14.5. The van der Waals surface area contributed by atoms with Crippen LogP contribution in [-0.2, 0) is 4.79 Å². The van der Waals surface area contributed by atoms with Gasteiger partial charge in [-0.3, -0.25) is 15.0 Å². The highest BCUT2D eigenvalue weighted by molar-refractivity contribution is 5.95. The minimum atomic E-state index is -0.349. The highest BCUT2D eigenvalue weighted by Crippen LogP contribution is 2.18. The molecule has 1 aliphatic rings. The summed E-state index contributed by atoms with van der Waals surface area (Å²) >= 11 is 0. The quantitative estimate of drug-likeness (QED) is 0.672. The van der Waals surface area contributed by atoms with Gasteiger partial charge in [0.25, 0.3) is 0 Å². The van der Waals surface area contributed by atoms with Crippen molar-refractivity contribution in [2.75, 3.05) is 19.6 Å². The molecule has 0 spiro atoms. The number of unbranched alkanes of at least 4 members (excludes halogenated alkanes) is 2. The molecule has 0 unspecified atom stereocenters. The van der Waals surface area contributed by atoms with Crippen molar-refractivity contribution in [1.29, 1.82) is 0 Å². The maximum Gasteiger partial charge on any atom is 0.321 e. The molecule has 0 saturated heterocycles. The predicted molar refractivity (Wildman–Crippen MR) is 76.0 cm³/mol. The van der Waals surface area contributed by atoms with Crippen LogP contribution in [0.5, 0.6) is 0 Å². The molecular formula is C14H27N3O2. The molecule has 0 bridgehead atoms. The third kappa shape index (κ3) is 7.82. The van der Waals surface area contributed by atoms with Crippen molar-refractivity contribution in [3.8, 4) is 0 Å². The lowest BCUT2D eigenvalue weighted by atomic mass is 10.2. The molecule has 0 aromatic heterocycles. The van der Waals surface area contributed by atoms with Gasteiger partial charge in [0.2, 0.25) is 5.91 Å². The number of imide groups is 1. The SMILES string of the molecule is CCCCN(CCCC)CC(=O)NC(=O)NC1CC1. The van der Waals surface area contributed by atoms with Crippen LogP contribution in [0.2, 0.25) is 0 Å². The number of carbonyl (C=O) groups is 2. The van der Waals surface area contributed by atoms with Crippen LogP contribution >= 0.6 is 0 Å². The minimum Gasteiger partial charge on any atom is -0.335 e. The van der Waals surface area contributed by atoms with Crippen LogP contribution in [0.3, 0.4) is 0 Å². The van der Waals surface area contributed by atoms with Gasteiger partial charge >= 0.3 is 6.03 Å². The van der Waals surface area contributed by atoms with Gasteiger partial charge in [-0.1, -0.05) is 26.7 Å². The van der Waals surface area contributed by atoms with Gasteiger partial charge in [0, 0.05) is 6.04 Å². The van der Waals surface area contributed by atoms with Crippen LogP contribution in [0.25, 0.3) is 0 Å². The number of nitrogens with zero attached hydrogens (tertiary/aromatic N) is 1. The molecule has 110 valence electrons. The Hall–Kier alpha value is -1.10. The fourth-order valence-electron chi connectivity index (χ4n) is 1.85. The third-order valence-corrected chi connectivity index (χ3v) is 3.19. The number of amides is 3. The van der Waals surface area contributed by atoms with Crippen LogP contribution in [0, 0.1) is 0 Å². The van der Waals surface area contributed by atoms with E-state index in [2.05, 4.69) is 29.4 Å². The number of urea groups is 1. The van der Waals surface area contributed by atoms with E-state index in [4.69, 9.17) is 0 Å². The molecule has 3 amide bonds. The summed E-state index contributed by atoms with van der Waals surface area (Å²) in [4.78, 5) is 25.4. The maximum absolute atomic E-state index is 11.8. The second-order valence-electron chi connectivity index (χ2n) is 5.28. The third-order valence-electron chi connectivity index (χ3n) is 3.19. The molecule has 19 heavy (non-hydrogen) atoms. The first-order valence-corrected chi connectivity index (χ1v) is 7.48. The Kier molecular flexibility index (Phi) is 7.48. The minimum absolute atomic E-state index is 0.203. The summed E-state index contributed by atoms with van der Waals surface area (Å²) in [5.41, 5.74) is 0. The number of rotatable bonds is 9. The Morgan fingerprint density at radius 2 is 1.68 bits per heavy atom. The molecule has 2 N–H and O–H groups in total. The molecule has 1 aliphatic carbocycles. The highest BCUT2D eigenvalue weighted by Gasteiger charge is 2.24. The summed E-state index contributed by atoms with van der Waals surface area (Å²) in [7, 11) is 0. The average Bonchev–Trinajstić information content (AvgIpc) is 3.16. The van der Waals surface area contributed by atoms with Crippen molar-refractivity contribution < 1.29 is 9.59 Å². The summed E-state index contributed by atoms with van der Waals surface area (Å²) in [5, 5.41) is 5.16. The van der Waals surface area contributed by atoms with Crippen molar-refractivity contribution >= 4 is 11.9 Å². The van der Waals surface area contributed by atoms with E-state index in [9.17, 15) is 9.59 Å². The van der Waals surface area contributed by atoms with Gasteiger partial charge in [0.1, 0.15) is 0 Å². The lowest BCUT2D eigenvalue weighted by Crippen LogP contribution is -2.45. The van der Waals surface area contributed by atoms with Crippen molar-refractivity contribution in [2.24, 2.45) is 0 Å². The van der Waals surface area contributed by atoms with Crippen molar-refractivity contribution in [1.82, 2.24) is 15.5 Å². The summed E-state index contributed by atoms with van der Waals surface area (Å²) in [5.74, 6) is -0.203. The average molecular weight is 269 g/mol. The Labute approximate surface area is 116 Å². The largest absolute Gasteiger partial charge is 0.335 e. The van der Waals surface area contributed by atoms with Crippen LogP contribution in [0.15, 0.2) is 0 Å². The molecule has 0 aromatic rings. The highest BCUT2D eigenvalue weighted by atomic mass is 16.2. The standard InChI is InChI=1S/C14H27N3O2/c1-3-5-9-17(10-6-4-2)11-13(18)16-14(19)15-12-7-8-12/h12H,3-11H2,1-2H3,(H2,15,16,18,19). The Morgan fingerprint density at radius 1 is 1.11 bits per heavy atom. The molecule has 1 saturated carbocycles. The number of hydrogen-bond acceptors (Lipinski definition) is 3. The number of nitrogens with one attached hydrogen (secondary N) is 2. The van der Waals surface area contributed by atoms with E-state index in [1.165, 1.54) is 0 Å². The van der Waals surface area contributed by atoms with Crippen LogP contribution in [0.1, 0.15) is 52.4 Å². The van der Waals surface area contributed by atoms with Crippen LogP contribution < -0.4 is 10.6 Å². The topological polar surface area (TPSA) is 61.4 Å². The van der Waals surface area contributed by atoms with E-state index in [1.54, 1.807) is 0 Å². The van der Waals surface area contributed by atoms with Crippen LogP contribution in [-0.4, -0.2) is 42.5 Å². The summed E-state index contributed by atoms with van der Waals surface area (Å²) < 4.78 is 0. The fourth-order valence-corrected chi connectivity index (χ4v) is 1.85. The van der Waals surface area contributed by atoms with Crippen LogP contribution in [0.4, 0.5) is 4.79 Å². The second kappa shape index (κ2) is 8.91. The van der Waals surface area contributed by atoms with Gasteiger partial charge in [-0.25, -0.2) is 4.79 Å². The molecule has 5 heteroatoms. The molecule has 1 fully saturated rings. The zero-order valence-electron chi connectivity index (χ0n) is 12.2. The van der Waals surface area contributed by atoms with Gasteiger partial charge in [-0.2, -0.15) is 0 Å². The van der Waals surface area contributed by atoms with Gasteiger partial charge in [0.15, 0.2) is 0 Å². The van der Waals surface area contributed by atoms with E-state index in [-0.39, 0.29) is 18.0 Å². The Morgan fingerprint density at radius 3 is 2.16 bits per heavy atom. The maximum atomic E-state index is 11.8. The van der Waals surface area contributed by atoms with Gasteiger partial charge in [-0.05, 0) is 38.8 Å². The van der Waals surface area contributed by atoms with E-state index in [1.807, 2.05) is 0 Å². The van der Waals surface area contributed by atoms with E-state index < -0.39 is 0 Å².